The Morgan fingerprint density at radius 3 is 2.56 bits per heavy atom. The van der Waals surface area contributed by atoms with Crippen molar-refractivity contribution in [3.05, 3.63) is 17.8 Å². The van der Waals surface area contributed by atoms with Gasteiger partial charge in [0.2, 0.25) is 0 Å². The van der Waals surface area contributed by atoms with Crippen molar-refractivity contribution in [2.45, 2.75) is 43.6 Å². The van der Waals surface area contributed by atoms with Gasteiger partial charge in [-0.15, -0.1) is 5.10 Å². The van der Waals surface area contributed by atoms with Crippen molar-refractivity contribution in [1.29, 1.82) is 0 Å². The molecular weight excluding hydrogens is 330 g/mol. The van der Waals surface area contributed by atoms with E-state index in [0.29, 0.717) is 25.6 Å². The minimum absolute atomic E-state index is 0.0849. The van der Waals surface area contributed by atoms with Crippen LogP contribution < -0.4 is 4.90 Å². The number of carbonyl (C=O) groups is 1. The van der Waals surface area contributed by atoms with E-state index in [1.54, 1.807) is 0 Å². The molecule has 1 unspecified atom stereocenters. The third-order valence-electron chi connectivity index (χ3n) is 5.14. The maximum absolute atomic E-state index is 13.3. The summed E-state index contributed by atoms with van der Waals surface area (Å²) in [5.74, 6) is -1.58. The number of alkyl halides is 2. The quantitative estimate of drug-likeness (QED) is 0.831. The summed E-state index contributed by atoms with van der Waals surface area (Å²) < 4.78 is 32.1. The molecule has 0 N–H and O–H groups in total. The average molecular weight is 352 g/mol. The number of aromatic nitrogens is 2. The molecule has 3 aliphatic rings. The zero-order valence-corrected chi connectivity index (χ0v) is 14.0. The number of anilines is 1. The van der Waals surface area contributed by atoms with E-state index in [1.165, 1.54) is 17.7 Å². The molecule has 2 saturated heterocycles. The summed E-state index contributed by atoms with van der Waals surface area (Å²) in [7, 11) is 0. The van der Waals surface area contributed by atoms with Gasteiger partial charge in [0.1, 0.15) is 0 Å². The average Bonchev–Trinajstić information content (AvgIpc) is 3.47. The molecule has 1 saturated carbocycles. The van der Waals surface area contributed by atoms with Crippen molar-refractivity contribution < 1.29 is 18.3 Å². The van der Waals surface area contributed by atoms with Crippen LogP contribution in [0.2, 0.25) is 0 Å². The first-order valence-corrected chi connectivity index (χ1v) is 8.89. The van der Waals surface area contributed by atoms with Crippen LogP contribution in [0.3, 0.4) is 0 Å². The summed E-state index contributed by atoms with van der Waals surface area (Å²) in [6, 6.07) is 3.94. The largest absolute Gasteiger partial charge is 0.365 e. The standard InChI is InChI=1S/C17H22F2N4O2/c18-17(19)5-7-22(8-6-17)16(24)14-11-23(9-10-25-14)15-4-3-13(20-21-15)12-1-2-12/h3-4,12,14H,1-2,5-11H2. The van der Waals surface area contributed by atoms with Crippen LogP contribution in [0.1, 0.15) is 37.3 Å². The highest BCUT2D eigenvalue weighted by Gasteiger charge is 2.38. The fourth-order valence-corrected chi connectivity index (χ4v) is 3.37. The fraction of sp³-hybridized carbons (Fsp3) is 0.706. The second-order valence-electron chi connectivity index (χ2n) is 7.08. The van der Waals surface area contributed by atoms with Gasteiger partial charge in [0.05, 0.1) is 18.8 Å². The van der Waals surface area contributed by atoms with Crippen LogP contribution in [0.4, 0.5) is 14.6 Å². The summed E-state index contributed by atoms with van der Waals surface area (Å²) in [6.45, 7) is 1.60. The maximum atomic E-state index is 13.3. The van der Waals surface area contributed by atoms with Crippen LogP contribution in [-0.4, -0.2) is 65.8 Å². The molecule has 0 bridgehead atoms. The smallest absolute Gasteiger partial charge is 0.253 e. The fourth-order valence-electron chi connectivity index (χ4n) is 3.37. The Morgan fingerprint density at radius 2 is 1.92 bits per heavy atom. The number of ether oxygens (including phenoxy) is 1. The summed E-state index contributed by atoms with van der Waals surface area (Å²) in [6.07, 6.45) is 1.17. The Morgan fingerprint density at radius 1 is 1.16 bits per heavy atom. The van der Waals surface area contributed by atoms with Crippen molar-refractivity contribution in [1.82, 2.24) is 15.1 Å². The number of carbonyl (C=O) groups excluding carboxylic acids is 1. The number of nitrogens with zero attached hydrogens (tertiary/aromatic N) is 4. The van der Waals surface area contributed by atoms with E-state index in [4.69, 9.17) is 4.74 Å². The van der Waals surface area contributed by atoms with Crippen LogP contribution in [-0.2, 0) is 9.53 Å². The predicted octanol–water partition coefficient (Wildman–Crippen LogP) is 1.82. The molecule has 0 spiro atoms. The highest BCUT2D eigenvalue weighted by molar-refractivity contribution is 5.82. The van der Waals surface area contributed by atoms with Crippen LogP contribution in [0.25, 0.3) is 0 Å². The van der Waals surface area contributed by atoms with Gasteiger partial charge in [0, 0.05) is 38.4 Å². The Bertz CT molecular complexity index is 626. The van der Waals surface area contributed by atoms with Crippen molar-refractivity contribution in [2.24, 2.45) is 0 Å². The maximum Gasteiger partial charge on any atom is 0.253 e. The van der Waals surface area contributed by atoms with E-state index < -0.39 is 12.0 Å². The third kappa shape index (κ3) is 3.73. The normalized spacial score (nSPS) is 26.6. The van der Waals surface area contributed by atoms with Gasteiger partial charge in [-0.3, -0.25) is 4.79 Å². The number of likely N-dealkylation sites (tertiary alicyclic amines) is 1. The molecule has 1 aromatic rings. The van der Waals surface area contributed by atoms with Crippen molar-refractivity contribution in [2.75, 3.05) is 37.7 Å². The van der Waals surface area contributed by atoms with E-state index in [9.17, 15) is 13.6 Å². The SMILES string of the molecule is O=C(C1CN(c2ccc(C3CC3)nn2)CCO1)N1CCC(F)(F)CC1. The summed E-state index contributed by atoms with van der Waals surface area (Å²) in [5, 5.41) is 8.57. The number of amides is 1. The molecule has 1 amide bonds. The van der Waals surface area contributed by atoms with Crippen LogP contribution in [0.5, 0.6) is 0 Å². The Kier molecular flexibility index (Phi) is 4.31. The lowest BCUT2D eigenvalue weighted by molar-refractivity contribution is -0.150. The number of piperidine rings is 1. The third-order valence-corrected chi connectivity index (χ3v) is 5.14. The van der Waals surface area contributed by atoms with Crippen molar-refractivity contribution in [3.63, 3.8) is 0 Å². The molecule has 0 aromatic carbocycles. The molecule has 4 rings (SSSR count). The van der Waals surface area contributed by atoms with Gasteiger partial charge >= 0.3 is 0 Å². The second kappa shape index (κ2) is 6.48. The summed E-state index contributed by atoms with van der Waals surface area (Å²) >= 11 is 0. The van der Waals surface area contributed by atoms with E-state index in [-0.39, 0.29) is 31.8 Å². The van der Waals surface area contributed by atoms with E-state index in [2.05, 4.69) is 10.2 Å². The topological polar surface area (TPSA) is 58.6 Å². The van der Waals surface area contributed by atoms with Gasteiger partial charge < -0.3 is 14.5 Å². The molecule has 3 heterocycles. The Labute approximate surface area is 145 Å². The van der Waals surface area contributed by atoms with Gasteiger partial charge in [0.15, 0.2) is 11.9 Å². The zero-order valence-electron chi connectivity index (χ0n) is 14.0. The first-order valence-electron chi connectivity index (χ1n) is 8.89. The van der Waals surface area contributed by atoms with E-state index in [1.807, 2.05) is 17.0 Å². The number of rotatable bonds is 3. The minimum Gasteiger partial charge on any atom is -0.365 e. The molecule has 2 aliphatic heterocycles. The van der Waals surface area contributed by atoms with Gasteiger partial charge in [-0.25, -0.2) is 8.78 Å². The van der Waals surface area contributed by atoms with Crippen LogP contribution in [0.15, 0.2) is 12.1 Å². The van der Waals surface area contributed by atoms with Crippen molar-refractivity contribution in [3.8, 4) is 0 Å². The van der Waals surface area contributed by atoms with Crippen molar-refractivity contribution >= 4 is 11.7 Å². The Balaban J connectivity index is 1.37. The zero-order chi connectivity index (χ0) is 17.4. The highest BCUT2D eigenvalue weighted by atomic mass is 19.3. The minimum atomic E-state index is -2.66. The number of morpholine rings is 1. The molecule has 6 nitrogen and oxygen atoms in total. The highest BCUT2D eigenvalue weighted by Crippen LogP contribution is 2.38. The molecule has 25 heavy (non-hydrogen) atoms. The molecular formula is C17H22F2N4O2. The van der Waals surface area contributed by atoms with Crippen LogP contribution in [0, 0.1) is 0 Å². The molecule has 3 fully saturated rings. The first-order chi connectivity index (χ1) is 12.0. The lowest BCUT2D eigenvalue weighted by Gasteiger charge is -2.37. The van der Waals surface area contributed by atoms with Gasteiger partial charge in [0.25, 0.3) is 11.8 Å². The molecule has 1 atom stereocenters. The van der Waals surface area contributed by atoms with E-state index in [0.717, 1.165) is 11.5 Å². The molecule has 1 aliphatic carbocycles. The lowest BCUT2D eigenvalue weighted by atomic mass is 10.1. The molecule has 0 radical (unpaired) electrons. The molecule has 8 heteroatoms. The number of hydrogen-bond donors (Lipinski definition) is 0. The van der Waals surface area contributed by atoms with Gasteiger partial charge in [-0.1, -0.05) is 0 Å². The monoisotopic (exact) mass is 352 g/mol. The van der Waals surface area contributed by atoms with Gasteiger partial charge in [-0.05, 0) is 25.0 Å². The summed E-state index contributed by atoms with van der Waals surface area (Å²) in [4.78, 5) is 16.1. The summed E-state index contributed by atoms with van der Waals surface area (Å²) in [5.41, 5.74) is 1.03. The predicted molar refractivity (Wildman–Crippen MR) is 86.7 cm³/mol. The lowest BCUT2D eigenvalue weighted by Crippen LogP contribution is -2.53. The first kappa shape index (κ1) is 16.6. The second-order valence-corrected chi connectivity index (χ2v) is 7.08. The molecule has 136 valence electrons. The molecule has 1 aromatic heterocycles. The number of halogens is 2. The van der Waals surface area contributed by atoms with Gasteiger partial charge in [-0.2, -0.15) is 5.10 Å². The number of hydrogen-bond acceptors (Lipinski definition) is 5. The van der Waals surface area contributed by atoms with Crippen LogP contribution >= 0.6 is 0 Å². The van der Waals surface area contributed by atoms with E-state index >= 15 is 0 Å². The Hall–Kier alpha value is -1.83.